The highest BCUT2D eigenvalue weighted by Gasteiger charge is 2.70. The SMILES string of the molecule is CC[C@]1(OC)CC[C@]2(CO1)[C@@H]1CCC3=C4[C@@H](CC3=O)[C@H](C(=O)OC)C[C@@]42CN(C)C1. The van der Waals surface area contributed by atoms with Gasteiger partial charge >= 0.3 is 5.97 Å². The molecule has 3 fully saturated rings. The number of carbonyl (C=O) groups excluding carboxylic acids is 2. The molecule has 0 aromatic rings. The predicted molar refractivity (Wildman–Crippen MR) is 111 cm³/mol. The number of hydrogen-bond donors (Lipinski definition) is 0. The van der Waals surface area contributed by atoms with E-state index in [4.69, 9.17) is 14.2 Å². The highest BCUT2D eigenvalue weighted by molar-refractivity contribution is 6.01. The molecule has 6 heteroatoms. The number of esters is 1. The average molecular weight is 418 g/mol. The summed E-state index contributed by atoms with van der Waals surface area (Å²) >= 11 is 0. The lowest BCUT2D eigenvalue weighted by Crippen LogP contribution is -2.64. The van der Waals surface area contributed by atoms with E-state index in [1.54, 1.807) is 7.11 Å². The van der Waals surface area contributed by atoms with E-state index in [9.17, 15) is 9.59 Å². The van der Waals surface area contributed by atoms with Crippen molar-refractivity contribution in [2.45, 2.75) is 57.7 Å². The standard InChI is InChI=1S/C24H35NO5/c1-5-24(29-4)9-8-22(14-30-24)15-6-7-16-19(26)10-17-18(21(27)28-3)11-23(22,20(16)17)13-25(2)12-15/h15,17-18H,5-14H2,1-4H3/t15-,17+,18-,22+,23-,24-/m1/s1. The predicted octanol–water partition coefficient (Wildman–Crippen LogP) is 2.96. The van der Waals surface area contributed by atoms with E-state index in [1.165, 1.54) is 12.7 Å². The quantitative estimate of drug-likeness (QED) is 0.658. The first-order valence-corrected chi connectivity index (χ1v) is 11.6. The molecule has 30 heavy (non-hydrogen) atoms. The Bertz CT molecular complexity index is 789. The fourth-order valence-electron chi connectivity index (χ4n) is 8.12. The van der Waals surface area contributed by atoms with Crippen molar-refractivity contribution >= 4 is 11.8 Å². The Balaban J connectivity index is 1.65. The number of nitrogens with zero attached hydrogens (tertiary/aromatic N) is 1. The third-order valence-corrected chi connectivity index (χ3v) is 9.52. The molecule has 1 saturated carbocycles. The summed E-state index contributed by atoms with van der Waals surface area (Å²) in [6, 6.07) is 0. The second-order valence-corrected chi connectivity index (χ2v) is 10.4. The van der Waals surface area contributed by atoms with Crippen LogP contribution >= 0.6 is 0 Å². The van der Waals surface area contributed by atoms with E-state index in [1.807, 2.05) is 0 Å². The van der Waals surface area contributed by atoms with E-state index in [2.05, 4.69) is 18.9 Å². The summed E-state index contributed by atoms with van der Waals surface area (Å²) < 4.78 is 17.6. The lowest BCUT2D eigenvalue weighted by molar-refractivity contribution is -0.294. The van der Waals surface area contributed by atoms with Crippen LogP contribution in [0.5, 0.6) is 0 Å². The number of methoxy groups -OCH3 is 2. The molecule has 0 aromatic carbocycles. The van der Waals surface area contributed by atoms with Crippen LogP contribution < -0.4 is 0 Å². The molecular weight excluding hydrogens is 382 g/mol. The van der Waals surface area contributed by atoms with Crippen molar-refractivity contribution in [1.82, 2.24) is 4.90 Å². The monoisotopic (exact) mass is 417 g/mol. The van der Waals surface area contributed by atoms with Gasteiger partial charge in [-0.25, -0.2) is 0 Å². The van der Waals surface area contributed by atoms with Gasteiger partial charge in [-0.15, -0.1) is 0 Å². The van der Waals surface area contributed by atoms with Gasteiger partial charge in [0.1, 0.15) is 0 Å². The van der Waals surface area contributed by atoms with E-state index < -0.39 is 5.79 Å². The molecule has 2 heterocycles. The maximum atomic E-state index is 13.1. The number of allylic oxidation sites excluding steroid dienone is 1. The molecule has 0 amide bonds. The second-order valence-electron chi connectivity index (χ2n) is 10.4. The van der Waals surface area contributed by atoms with Gasteiger partial charge in [-0.3, -0.25) is 9.59 Å². The molecule has 0 N–H and O–H groups in total. The molecule has 3 aliphatic carbocycles. The number of Topliss-reactive ketones (excluding diaryl/α,β-unsaturated/α-hetero) is 1. The first-order chi connectivity index (χ1) is 14.4. The minimum absolute atomic E-state index is 0.0161. The van der Waals surface area contributed by atoms with Gasteiger partial charge in [0, 0.05) is 49.8 Å². The topological polar surface area (TPSA) is 65.1 Å². The smallest absolute Gasteiger partial charge is 0.309 e. The Kier molecular flexibility index (Phi) is 4.73. The molecule has 2 bridgehead atoms. The van der Waals surface area contributed by atoms with Crippen LogP contribution in [0.2, 0.25) is 0 Å². The maximum Gasteiger partial charge on any atom is 0.309 e. The summed E-state index contributed by atoms with van der Waals surface area (Å²) in [5.41, 5.74) is 2.13. The van der Waals surface area contributed by atoms with Gasteiger partial charge in [0.15, 0.2) is 11.6 Å². The van der Waals surface area contributed by atoms with Crippen molar-refractivity contribution in [2.75, 3.05) is 41.0 Å². The van der Waals surface area contributed by atoms with Crippen molar-refractivity contribution in [3.05, 3.63) is 11.1 Å². The number of rotatable bonds is 3. The molecule has 0 radical (unpaired) electrons. The van der Waals surface area contributed by atoms with Crippen molar-refractivity contribution in [3.8, 4) is 0 Å². The summed E-state index contributed by atoms with van der Waals surface area (Å²) in [5, 5.41) is 0. The zero-order chi connectivity index (χ0) is 21.3. The first-order valence-electron chi connectivity index (χ1n) is 11.6. The lowest BCUT2D eigenvalue weighted by Gasteiger charge is -2.62. The summed E-state index contributed by atoms with van der Waals surface area (Å²) in [7, 11) is 5.42. The summed E-state index contributed by atoms with van der Waals surface area (Å²) in [4.78, 5) is 28.3. The molecule has 5 aliphatic rings. The number of piperidine rings is 1. The van der Waals surface area contributed by atoms with Gasteiger partial charge in [-0.2, -0.15) is 0 Å². The van der Waals surface area contributed by atoms with Gasteiger partial charge in [-0.05, 0) is 50.6 Å². The van der Waals surface area contributed by atoms with Gasteiger partial charge in [0.05, 0.1) is 19.6 Å². The number of ketones is 1. The Morgan fingerprint density at radius 3 is 2.73 bits per heavy atom. The van der Waals surface area contributed by atoms with Gasteiger partial charge in [0.2, 0.25) is 0 Å². The van der Waals surface area contributed by atoms with E-state index in [-0.39, 0.29) is 34.4 Å². The van der Waals surface area contributed by atoms with Crippen LogP contribution in [0, 0.1) is 28.6 Å². The van der Waals surface area contributed by atoms with Gasteiger partial charge in [0.25, 0.3) is 0 Å². The van der Waals surface area contributed by atoms with Crippen molar-refractivity contribution in [3.63, 3.8) is 0 Å². The van der Waals surface area contributed by atoms with E-state index in [0.717, 1.165) is 57.2 Å². The Morgan fingerprint density at radius 2 is 2.10 bits per heavy atom. The fourth-order valence-corrected chi connectivity index (χ4v) is 8.12. The normalized spacial score (nSPS) is 45.6. The zero-order valence-electron chi connectivity index (χ0n) is 18.8. The largest absolute Gasteiger partial charge is 0.469 e. The van der Waals surface area contributed by atoms with Crippen LogP contribution in [0.4, 0.5) is 0 Å². The van der Waals surface area contributed by atoms with Crippen LogP contribution in [0.1, 0.15) is 51.9 Å². The molecule has 2 aliphatic heterocycles. The van der Waals surface area contributed by atoms with Gasteiger partial charge in [-0.1, -0.05) is 12.5 Å². The minimum atomic E-state index is -0.503. The molecule has 6 nitrogen and oxygen atoms in total. The number of likely N-dealkylation sites (tertiary alicyclic amines) is 1. The number of carbonyl (C=O) groups is 2. The third kappa shape index (κ3) is 2.47. The molecule has 166 valence electrons. The Morgan fingerprint density at radius 1 is 1.30 bits per heavy atom. The second kappa shape index (κ2) is 6.88. The van der Waals surface area contributed by atoms with E-state index >= 15 is 0 Å². The molecule has 5 rings (SSSR count). The molecular formula is C24H35NO5. The zero-order valence-corrected chi connectivity index (χ0v) is 18.8. The maximum absolute atomic E-state index is 13.1. The van der Waals surface area contributed by atoms with Crippen LogP contribution in [0.15, 0.2) is 11.1 Å². The highest BCUT2D eigenvalue weighted by atomic mass is 16.7. The number of ether oxygens (including phenoxy) is 3. The molecule has 6 atom stereocenters. The van der Waals surface area contributed by atoms with Crippen LogP contribution in [-0.4, -0.2) is 63.4 Å². The fraction of sp³-hybridized carbons (Fsp3) is 0.833. The highest BCUT2D eigenvalue weighted by Crippen LogP contribution is 2.71. The van der Waals surface area contributed by atoms with Crippen molar-refractivity contribution in [2.24, 2.45) is 28.6 Å². The van der Waals surface area contributed by atoms with E-state index in [0.29, 0.717) is 18.9 Å². The molecule has 2 saturated heterocycles. The first kappa shape index (κ1) is 20.7. The molecule has 2 spiro atoms. The number of hydrogen-bond acceptors (Lipinski definition) is 6. The van der Waals surface area contributed by atoms with Crippen LogP contribution in [-0.2, 0) is 23.8 Å². The summed E-state index contributed by atoms with van der Waals surface area (Å²) in [5.74, 6) is -0.128. The molecule has 0 aromatic heterocycles. The van der Waals surface area contributed by atoms with Crippen molar-refractivity contribution in [1.29, 1.82) is 0 Å². The van der Waals surface area contributed by atoms with Crippen LogP contribution in [0.3, 0.4) is 0 Å². The third-order valence-electron chi connectivity index (χ3n) is 9.52. The van der Waals surface area contributed by atoms with Crippen LogP contribution in [0.25, 0.3) is 0 Å². The summed E-state index contributed by atoms with van der Waals surface area (Å²) in [6.45, 7) is 4.70. The average Bonchev–Trinajstić information content (AvgIpc) is 3.23. The molecule has 0 unspecified atom stereocenters. The van der Waals surface area contributed by atoms with Crippen molar-refractivity contribution < 1.29 is 23.8 Å². The lowest BCUT2D eigenvalue weighted by atomic mass is 9.50. The minimum Gasteiger partial charge on any atom is -0.469 e. The summed E-state index contributed by atoms with van der Waals surface area (Å²) in [6.07, 6.45) is 5.87. The Labute approximate surface area is 179 Å². The Hall–Kier alpha value is -1.24. The van der Waals surface area contributed by atoms with Gasteiger partial charge < -0.3 is 19.1 Å².